The number of hydrogen-bond acceptors (Lipinski definition) is 5. The van der Waals surface area contributed by atoms with Gasteiger partial charge < -0.3 is 10.1 Å². The van der Waals surface area contributed by atoms with Crippen LogP contribution in [-0.4, -0.2) is 21.1 Å². The second-order valence-electron chi connectivity index (χ2n) is 5.41. The molecule has 0 unspecified atom stereocenters. The van der Waals surface area contributed by atoms with Crippen LogP contribution in [0.3, 0.4) is 0 Å². The van der Waals surface area contributed by atoms with Crippen LogP contribution in [0.4, 0.5) is 0 Å². The highest BCUT2D eigenvalue weighted by molar-refractivity contribution is 5.21. The fourth-order valence-corrected chi connectivity index (χ4v) is 2.19. The fourth-order valence-electron chi connectivity index (χ4n) is 2.19. The summed E-state index contributed by atoms with van der Waals surface area (Å²) >= 11 is 0. The molecule has 3 rings (SSSR count). The van der Waals surface area contributed by atoms with Gasteiger partial charge in [0, 0.05) is 43.4 Å². The molecule has 0 spiro atoms. The van der Waals surface area contributed by atoms with Crippen LogP contribution in [0.25, 0.3) is 0 Å². The van der Waals surface area contributed by atoms with Gasteiger partial charge in [0.2, 0.25) is 5.88 Å². The summed E-state index contributed by atoms with van der Waals surface area (Å²) in [5.41, 5.74) is 2.10. The highest BCUT2D eigenvalue weighted by Crippen LogP contribution is 2.24. The summed E-state index contributed by atoms with van der Waals surface area (Å²) < 4.78 is 5.82. The number of nitrogens with zero attached hydrogens (tertiary/aromatic N) is 3. The number of nitrogens with one attached hydrogen (secondary N) is 1. The molecule has 2 heterocycles. The Morgan fingerprint density at radius 2 is 2.19 bits per heavy atom. The molecule has 0 aromatic carbocycles. The third-order valence-electron chi connectivity index (χ3n) is 3.78. The Morgan fingerprint density at radius 3 is 2.90 bits per heavy atom. The van der Waals surface area contributed by atoms with Crippen LogP contribution in [-0.2, 0) is 6.54 Å². The van der Waals surface area contributed by atoms with E-state index in [1.165, 1.54) is 6.42 Å². The van der Waals surface area contributed by atoms with Gasteiger partial charge in [0.25, 0.3) is 0 Å². The first-order chi connectivity index (χ1) is 10.3. The van der Waals surface area contributed by atoms with Crippen molar-refractivity contribution in [2.45, 2.75) is 44.9 Å². The predicted octanol–water partition coefficient (Wildman–Crippen LogP) is 2.65. The first-order valence-electron chi connectivity index (χ1n) is 7.42. The largest absolute Gasteiger partial charge is 0.474 e. The first kappa shape index (κ1) is 13.9. The van der Waals surface area contributed by atoms with E-state index in [1.807, 2.05) is 12.1 Å². The average Bonchev–Trinajstić information content (AvgIpc) is 2.50. The van der Waals surface area contributed by atoms with Crippen LogP contribution in [0.5, 0.6) is 5.88 Å². The number of hydrogen-bond donors (Lipinski definition) is 1. The zero-order chi connectivity index (χ0) is 14.5. The lowest BCUT2D eigenvalue weighted by Gasteiger charge is -2.25. The Morgan fingerprint density at radius 1 is 1.29 bits per heavy atom. The molecular weight excluding hydrogens is 264 g/mol. The maximum absolute atomic E-state index is 5.82. The van der Waals surface area contributed by atoms with Crippen molar-refractivity contribution in [1.29, 1.82) is 0 Å². The van der Waals surface area contributed by atoms with Crippen LogP contribution < -0.4 is 10.1 Å². The lowest BCUT2D eigenvalue weighted by atomic mass is 9.96. The van der Waals surface area contributed by atoms with Crippen molar-refractivity contribution in [1.82, 2.24) is 20.3 Å². The normalized spacial score (nSPS) is 16.2. The minimum absolute atomic E-state index is 0.155. The van der Waals surface area contributed by atoms with E-state index in [-0.39, 0.29) is 6.04 Å². The van der Waals surface area contributed by atoms with Gasteiger partial charge >= 0.3 is 0 Å². The van der Waals surface area contributed by atoms with Gasteiger partial charge in [-0.15, -0.1) is 0 Å². The van der Waals surface area contributed by atoms with Gasteiger partial charge in [-0.25, -0.2) is 4.98 Å². The van der Waals surface area contributed by atoms with E-state index >= 15 is 0 Å². The van der Waals surface area contributed by atoms with E-state index in [4.69, 9.17) is 4.74 Å². The molecule has 1 atom stereocenters. The van der Waals surface area contributed by atoms with E-state index in [2.05, 4.69) is 27.2 Å². The Bertz CT molecular complexity index is 571. The third-order valence-corrected chi connectivity index (χ3v) is 3.78. The monoisotopic (exact) mass is 284 g/mol. The minimum Gasteiger partial charge on any atom is -0.474 e. The van der Waals surface area contributed by atoms with Crippen LogP contribution in [0.15, 0.2) is 36.9 Å². The summed E-state index contributed by atoms with van der Waals surface area (Å²) in [6.45, 7) is 2.83. The third kappa shape index (κ3) is 3.76. The van der Waals surface area contributed by atoms with Gasteiger partial charge in [-0.2, -0.15) is 0 Å². The summed E-state index contributed by atoms with van der Waals surface area (Å²) in [5.74, 6) is 0.728. The molecule has 110 valence electrons. The Balaban J connectivity index is 1.56. The Kier molecular flexibility index (Phi) is 4.40. The van der Waals surface area contributed by atoms with Crippen molar-refractivity contribution in [3.05, 3.63) is 48.2 Å². The SMILES string of the molecule is C[C@H](NCc1ccnc(OC2CCC2)c1)c1cnccn1. The van der Waals surface area contributed by atoms with E-state index in [0.717, 1.165) is 36.5 Å². The smallest absolute Gasteiger partial charge is 0.213 e. The van der Waals surface area contributed by atoms with Crippen molar-refractivity contribution >= 4 is 0 Å². The molecular formula is C16H20N4O. The zero-order valence-electron chi connectivity index (χ0n) is 12.2. The highest BCUT2D eigenvalue weighted by Gasteiger charge is 2.19. The molecule has 0 saturated heterocycles. The standard InChI is InChI=1S/C16H20N4O/c1-12(15-11-17-7-8-18-15)20-10-13-5-6-19-16(9-13)21-14-3-2-4-14/h5-9,11-12,14,20H,2-4,10H2,1H3/t12-/m0/s1. The molecule has 0 amide bonds. The van der Waals surface area contributed by atoms with Gasteiger partial charge in [-0.05, 0) is 37.8 Å². The van der Waals surface area contributed by atoms with Gasteiger partial charge in [-0.3, -0.25) is 9.97 Å². The van der Waals surface area contributed by atoms with E-state index in [9.17, 15) is 0 Å². The summed E-state index contributed by atoms with van der Waals surface area (Å²) in [6.07, 6.45) is 10.9. The molecule has 1 N–H and O–H groups in total. The van der Waals surface area contributed by atoms with Gasteiger partial charge in [0.15, 0.2) is 0 Å². The Hall–Kier alpha value is -2.01. The maximum atomic E-state index is 5.82. The van der Waals surface area contributed by atoms with Crippen molar-refractivity contribution in [2.24, 2.45) is 0 Å². The maximum Gasteiger partial charge on any atom is 0.213 e. The second-order valence-corrected chi connectivity index (χ2v) is 5.41. The summed E-state index contributed by atoms with van der Waals surface area (Å²) in [4.78, 5) is 12.7. The second kappa shape index (κ2) is 6.63. The molecule has 0 aliphatic heterocycles. The molecule has 5 nitrogen and oxygen atoms in total. The molecule has 5 heteroatoms. The van der Waals surface area contributed by atoms with Crippen LogP contribution in [0.2, 0.25) is 0 Å². The highest BCUT2D eigenvalue weighted by atomic mass is 16.5. The van der Waals surface area contributed by atoms with Crippen molar-refractivity contribution in [2.75, 3.05) is 0 Å². The van der Waals surface area contributed by atoms with Crippen LogP contribution in [0, 0.1) is 0 Å². The molecule has 0 radical (unpaired) electrons. The minimum atomic E-state index is 0.155. The molecule has 2 aromatic heterocycles. The number of aromatic nitrogens is 3. The summed E-state index contributed by atoms with van der Waals surface area (Å²) in [7, 11) is 0. The molecule has 0 bridgehead atoms. The van der Waals surface area contributed by atoms with Gasteiger partial charge in [-0.1, -0.05) is 0 Å². The quantitative estimate of drug-likeness (QED) is 0.883. The molecule has 21 heavy (non-hydrogen) atoms. The van der Waals surface area contributed by atoms with Gasteiger partial charge in [0.1, 0.15) is 6.10 Å². The number of pyridine rings is 1. The molecule has 2 aromatic rings. The summed E-state index contributed by atoms with van der Waals surface area (Å²) in [5, 5.41) is 3.44. The van der Waals surface area contributed by atoms with Crippen molar-refractivity contribution in [3.63, 3.8) is 0 Å². The van der Waals surface area contributed by atoms with Crippen molar-refractivity contribution < 1.29 is 4.74 Å². The van der Waals surface area contributed by atoms with Crippen LogP contribution >= 0.6 is 0 Å². The fraction of sp³-hybridized carbons (Fsp3) is 0.438. The lowest BCUT2D eigenvalue weighted by molar-refractivity contribution is 0.114. The molecule has 1 fully saturated rings. The zero-order valence-corrected chi connectivity index (χ0v) is 12.2. The number of ether oxygens (including phenoxy) is 1. The average molecular weight is 284 g/mol. The molecule has 1 saturated carbocycles. The molecule has 1 aliphatic rings. The topological polar surface area (TPSA) is 59.9 Å². The van der Waals surface area contributed by atoms with E-state index in [0.29, 0.717) is 6.10 Å². The lowest BCUT2D eigenvalue weighted by Crippen LogP contribution is -2.25. The van der Waals surface area contributed by atoms with Crippen molar-refractivity contribution in [3.8, 4) is 5.88 Å². The molecule has 1 aliphatic carbocycles. The number of rotatable bonds is 6. The van der Waals surface area contributed by atoms with Crippen LogP contribution in [0.1, 0.15) is 43.5 Å². The van der Waals surface area contributed by atoms with E-state index < -0.39 is 0 Å². The van der Waals surface area contributed by atoms with E-state index in [1.54, 1.807) is 24.8 Å². The van der Waals surface area contributed by atoms with Gasteiger partial charge in [0.05, 0.1) is 5.69 Å². The first-order valence-corrected chi connectivity index (χ1v) is 7.42. The Labute approximate surface area is 124 Å². The summed E-state index contributed by atoms with van der Waals surface area (Å²) in [6, 6.07) is 4.17. The predicted molar refractivity (Wildman–Crippen MR) is 79.8 cm³/mol.